The Morgan fingerprint density at radius 3 is 1.69 bits per heavy atom. The van der Waals surface area contributed by atoms with E-state index in [0.717, 1.165) is 88.8 Å². The zero-order chi connectivity index (χ0) is 42.3. The van der Waals surface area contributed by atoms with Gasteiger partial charge in [-0.1, -0.05) is 158 Å². The minimum atomic E-state index is -0.199. The molecule has 0 N–H and O–H groups in total. The maximum atomic E-state index is 7.12. The molecule has 10 aromatic carbocycles. The number of para-hydroxylation sites is 3. The van der Waals surface area contributed by atoms with E-state index in [0.29, 0.717) is 0 Å². The third-order valence-electron chi connectivity index (χ3n) is 14.1. The van der Waals surface area contributed by atoms with Gasteiger partial charge in [0.05, 0.1) is 16.7 Å². The molecule has 2 aliphatic heterocycles. The number of fused-ring (bicyclic) bond motifs is 14. The van der Waals surface area contributed by atoms with Crippen LogP contribution in [0.25, 0.3) is 105 Å². The number of aromatic nitrogens is 1. The molecule has 4 nitrogen and oxygen atoms in total. The SMILES string of the molecule is c1ccc(-c2ccc(-c3ccccc3)c(N3c4cc5c(cc4B4c6c3cc(-c3ccccc3)cc6-n3c6ccccc6c6cc7c(oc8ccccc87)c4c63)oc3ccccc35)c2)cc1. The van der Waals surface area contributed by atoms with Crippen molar-refractivity contribution >= 4 is 106 Å². The molecule has 3 aromatic heterocycles. The molecule has 0 radical (unpaired) electrons. The van der Waals surface area contributed by atoms with Crippen molar-refractivity contribution in [1.29, 1.82) is 0 Å². The Bertz CT molecular complexity index is 4130. The average molecular weight is 827 g/mol. The van der Waals surface area contributed by atoms with Gasteiger partial charge in [-0.2, -0.15) is 0 Å². The van der Waals surface area contributed by atoms with Crippen molar-refractivity contribution in [2.75, 3.05) is 4.90 Å². The number of hydrogen-bond acceptors (Lipinski definition) is 3. The standard InChI is InChI=1S/C60H35BN2O2/c1-4-16-36(17-5-1)39-28-29-41(38-20-8-3-9-21-38)50(30-39)62-51-34-45-43-23-11-14-26-54(43)64-56(45)35-48(51)61-57-52(62)31-40(37-18-6-2-7-19-37)32-53(57)63-49-25-13-10-22-42(49)46-33-47-44-24-12-15-27-55(44)65-60(47)58(61)59(46)63/h1-35H. The van der Waals surface area contributed by atoms with Crippen LogP contribution in [0.15, 0.2) is 221 Å². The molecule has 300 valence electrons. The van der Waals surface area contributed by atoms with Gasteiger partial charge in [0.2, 0.25) is 0 Å². The average Bonchev–Trinajstić information content (AvgIpc) is 4.04. The molecule has 0 unspecified atom stereocenters. The molecular weight excluding hydrogens is 791 g/mol. The van der Waals surface area contributed by atoms with Crippen molar-refractivity contribution in [3.8, 4) is 39.1 Å². The highest BCUT2D eigenvalue weighted by Crippen LogP contribution is 2.49. The maximum absolute atomic E-state index is 7.12. The lowest BCUT2D eigenvalue weighted by Crippen LogP contribution is -2.60. The van der Waals surface area contributed by atoms with Crippen molar-refractivity contribution in [2.24, 2.45) is 0 Å². The van der Waals surface area contributed by atoms with Gasteiger partial charge < -0.3 is 18.3 Å². The van der Waals surface area contributed by atoms with Crippen LogP contribution in [0.5, 0.6) is 0 Å². The van der Waals surface area contributed by atoms with E-state index < -0.39 is 0 Å². The van der Waals surface area contributed by atoms with Crippen LogP contribution in [-0.2, 0) is 0 Å². The predicted molar refractivity (Wildman–Crippen MR) is 271 cm³/mol. The number of nitrogens with zero attached hydrogens (tertiary/aromatic N) is 2. The molecule has 65 heavy (non-hydrogen) atoms. The van der Waals surface area contributed by atoms with Crippen molar-refractivity contribution in [3.63, 3.8) is 0 Å². The first-order valence-corrected chi connectivity index (χ1v) is 22.4. The molecule has 0 saturated heterocycles. The smallest absolute Gasteiger partial charge is 0.257 e. The fourth-order valence-electron chi connectivity index (χ4n) is 11.4. The minimum Gasteiger partial charge on any atom is -0.457 e. The van der Waals surface area contributed by atoms with Crippen LogP contribution in [0.4, 0.5) is 17.1 Å². The number of rotatable bonds is 4. The molecule has 0 spiro atoms. The fraction of sp³-hybridized carbons (Fsp3) is 0. The highest BCUT2D eigenvalue weighted by atomic mass is 16.3. The molecule has 0 atom stereocenters. The van der Waals surface area contributed by atoms with Gasteiger partial charge in [-0.3, -0.25) is 0 Å². The van der Waals surface area contributed by atoms with E-state index in [1.807, 2.05) is 0 Å². The van der Waals surface area contributed by atoms with Gasteiger partial charge in [-0.25, -0.2) is 0 Å². The quantitative estimate of drug-likeness (QED) is 0.166. The lowest BCUT2D eigenvalue weighted by molar-refractivity contribution is 0.669. The topological polar surface area (TPSA) is 34.5 Å². The zero-order valence-electron chi connectivity index (χ0n) is 35.0. The Labute approximate surface area is 373 Å². The van der Waals surface area contributed by atoms with Gasteiger partial charge >= 0.3 is 0 Å². The second-order valence-electron chi connectivity index (χ2n) is 17.5. The fourth-order valence-corrected chi connectivity index (χ4v) is 11.4. The molecule has 5 heteroatoms. The van der Waals surface area contributed by atoms with E-state index in [1.54, 1.807) is 0 Å². The first-order valence-electron chi connectivity index (χ1n) is 22.4. The Morgan fingerprint density at radius 2 is 0.938 bits per heavy atom. The molecule has 0 amide bonds. The van der Waals surface area contributed by atoms with Gasteiger partial charge in [-0.15, -0.1) is 0 Å². The summed E-state index contributed by atoms with van der Waals surface area (Å²) in [5.41, 5.74) is 21.0. The van der Waals surface area contributed by atoms with E-state index in [1.165, 1.54) is 49.4 Å². The van der Waals surface area contributed by atoms with Gasteiger partial charge in [-0.05, 0) is 98.8 Å². The third kappa shape index (κ3) is 4.81. The molecule has 5 heterocycles. The molecule has 0 bridgehead atoms. The Kier molecular flexibility index (Phi) is 7.00. The van der Waals surface area contributed by atoms with Crippen LogP contribution in [0, 0.1) is 0 Å². The summed E-state index contributed by atoms with van der Waals surface area (Å²) < 4.78 is 16.5. The first kappa shape index (κ1) is 35.0. The lowest BCUT2D eigenvalue weighted by atomic mass is 9.33. The number of benzene rings is 10. The summed E-state index contributed by atoms with van der Waals surface area (Å²) in [6.07, 6.45) is 0. The maximum Gasteiger partial charge on any atom is 0.257 e. The van der Waals surface area contributed by atoms with Gasteiger partial charge in [0, 0.05) is 54.9 Å². The van der Waals surface area contributed by atoms with E-state index in [9.17, 15) is 0 Å². The molecule has 13 aromatic rings. The molecular formula is C60H35BN2O2. The van der Waals surface area contributed by atoms with Crippen LogP contribution in [0.2, 0.25) is 0 Å². The molecule has 15 rings (SSSR count). The van der Waals surface area contributed by atoms with Crippen molar-refractivity contribution in [1.82, 2.24) is 4.57 Å². The summed E-state index contributed by atoms with van der Waals surface area (Å²) in [6, 6.07) is 77.3. The third-order valence-corrected chi connectivity index (χ3v) is 14.1. The number of furan rings is 2. The summed E-state index contributed by atoms with van der Waals surface area (Å²) in [5.74, 6) is 0. The Morgan fingerprint density at radius 1 is 0.338 bits per heavy atom. The van der Waals surface area contributed by atoms with Crippen LogP contribution in [-0.4, -0.2) is 11.3 Å². The van der Waals surface area contributed by atoms with Crippen LogP contribution in [0.1, 0.15) is 0 Å². The molecule has 0 aliphatic carbocycles. The van der Waals surface area contributed by atoms with Crippen molar-refractivity contribution < 1.29 is 8.83 Å². The van der Waals surface area contributed by atoms with Crippen LogP contribution >= 0.6 is 0 Å². The lowest BCUT2D eigenvalue weighted by Gasteiger charge is -2.41. The van der Waals surface area contributed by atoms with E-state index in [2.05, 4.69) is 222 Å². The molecule has 0 fully saturated rings. The second kappa shape index (κ2) is 13.0. The zero-order valence-corrected chi connectivity index (χ0v) is 35.0. The summed E-state index contributed by atoms with van der Waals surface area (Å²) in [5, 5.41) is 6.89. The highest BCUT2D eigenvalue weighted by molar-refractivity contribution is 7.01. The largest absolute Gasteiger partial charge is 0.457 e. The summed E-state index contributed by atoms with van der Waals surface area (Å²) in [6.45, 7) is -0.199. The normalized spacial score (nSPS) is 12.9. The van der Waals surface area contributed by atoms with Crippen LogP contribution in [0.3, 0.4) is 0 Å². The van der Waals surface area contributed by atoms with E-state index in [4.69, 9.17) is 8.83 Å². The van der Waals surface area contributed by atoms with Crippen LogP contribution < -0.4 is 21.3 Å². The predicted octanol–water partition coefficient (Wildman–Crippen LogP) is 14.2. The monoisotopic (exact) mass is 826 g/mol. The Hall–Kier alpha value is -8.54. The second-order valence-corrected chi connectivity index (χ2v) is 17.5. The van der Waals surface area contributed by atoms with Gasteiger partial charge in [0.15, 0.2) is 0 Å². The van der Waals surface area contributed by atoms with E-state index in [-0.39, 0.29) is 6.71 Å². The van der Waals surface area contributed by atoms with Crippen molar-refractivity contribution in [3.05, 3.63) is 212 Å². The van der Waals surface area contributed by atoms with Gasteiger partial charge in [0.1, 0.15) is 22.3 Å². The molecule has 2 aliphatic rings. The number of anilines is 3. The first-order chi connectivity index (χ1) is 32.2. The minimum absolute atomic E-state index is 0.199. The van der Waals surface area contributed by atoms with E-state index >= 15 is 0 Å². The Balaban J connectivity index is 1.17. The van der Waals surface area contributed by atoms with Crippen molar-refractivity contribution in [2.45, 2.75) is 0 Å². The highest BCUT2D eigenvalue weighted by Gasteiger charge is 2.45. The number of hydrogen-bond donors (Lipinski definition) is 0. The molecule has 0 saturated carbocycles. The summed E-state index contributed by atoms with van der Waals surface area (Å²) in [4.78, 5) is 2.57. The van der Waals surface area contributed by atoms with Gasteiger partial charge in [0.25, 0.3) is 6.71 Å². The summed E-state index contributed by atoms with van der Waals surface area (Å²) in [7, 11) is 0. The summed E-state index contributed by atoms with van der Waals surface area (Å²) >= 11 is 0.